The summed E-state index contributed by atoms with van der Waals surface area (Å²) in [6.07, 6.45) is 0.351. The van der Waals surface area contributed by atoms with Crippen LogP contribution >= 0.6 is 0 Å². The van der Waals surface area contributed by atoms with Crippen LogP contribution in [0, 0.1) is 0 Å². The fraction of sp³-hybridized carbons (Fsp3) is 0.714. The molecule has 0 saturated heterocycles. The first-order chi connectivity index (χ1) is 5.56. The Bertz CT molecular complexity index is 200. The van der Waals surface area contributed by atoms with E-state index < -0.39 is 17.8 Å². The number of hydrogen-bond acceptors (Lipinski definition) is 0. The lowest BCUT2D eigenvalue weighted by molar-refractivity contribution is -0.284. The normalized spacial score (nSPS) is 15.4. The molecular weight excluding hydrogens is 198 g/mol. The number of allylic oxidation sites excluding steroid dienone is 2. The van der Waals surface area contributed by atoms with E-state index in [-0.39, 0.29) is 13.0 Å². The van der Waals surface area contributed by atoms with Crippen molar-refractivity contribution in [1.82, 2.24) is 0 Å². The van der Waals surface area contributed by atoms with Crippen molar-refractivity contribution in [2.75, 3.05) is 0 Å². The van der Waals surface area contributed by atoms with Crippen molar-refractivity contribution < 1.29 is 26.3 Å². The van der Waals surface area contributed by atoms with Gasteiger partial charge in [-0.25, -0.2) is 0 Å². The third-order valence-corrected chi connectivity index (χ3v) is 1.35. The summed E-state index contributed by atoms with van der Waals surface area (Å²) in [5.74, 6) is -15.0. The van der Waals surface area contributed by atoms with Crippen molar-refractivity contribution in [3.63, 3.8) is 0 Å². The van der Waals surface area contributed by atoms with E-state index in [1.165, 1.54) is 0 Å². The van der Waals surface area contributed by atoms with Crippen molar-refractivity contribution in [1.29, 1.82) is 0 Å². The van der Waals surface area contributed by atoms with Crippen LogP contribution in [0.25, 0.3) is 0 Å². The fourth-order valence-corrected chi connectivity index (χ4v) is 0.607. The smallest absolute Gasteiger partial charge is 0.200 e. The molecule has 0 aromatic rings. The second kappa shape index (κ2) is 3.23. The highest BCUT2D eigenvalue weighted by Gasteiger charge is 2.67. The van der Waals surface area contributed by atoms with Crippen LogP contribution in [-0.4, -0.2) is 17.8 Å². The summed E-state index contributed by atoms with van der Waals surface area (Å²) in [5.41, 5.74) is 0. The minimum absolute atomic E-state index is 0.246. The molecule has 0 radical (unpaired) electrons. The van der Waals surface area contributed by atoms with Gasteiger partial charge in [0.15, 0.2) is 0 Å². The summed E-state index contributed by atoms with van der Waals surface area (Å²) >= 11 is 0. The molecule has 0 N–H and O–H groups in total. The third-order valence-electron chi connectivity index (χ3n) is 1.35. The van der Waals surface area contributed by atoms with E-state index >= 15 is 0 Å². The average molecular weight is 206 g/mol. The van der Waals surface area contributed by atoms with E-state index in [1.807, 2.05) is 0 Å². The van der Waals surface area contributed by atoms with Crippen LogP contribution in [0.3, 0.4) is 0 Å². The van der Waals surface area contributed by atoms with Crippen LogP contribution in [0.1, 0.15) is 13.8 Å². The summed E-state index contributed by atoms with van der Waals surface area (Å²) in [5, 5.41) is 0. The lowest BCUT2D eigenvalue weighted by Crippen LogP contribution is -2.51. The third kappa shape index (κ3) is 2.16. The minimum atomic E-state index is -5.37. The number of halogens is 6. The first-order valence-corrected chi connectivity index (χ1v) is 3.33. The molecule has 0 aliphatic heterocycles. The molecule has 0 rings (SSSR count). The predicted octanol–water partition coefficient (Wildman–Crippen LogP) is 3.49. The van der Waals surface area contributed by atoms with E-state index in [4.69, 9.17) is 0 Å². The molecule has 0 saturated carbocycles. The van der Waals surface area contributed by atoms with Crippen LogP contribution in [0.4, 0.5) is 26.3 Å². The Hall–Kier alpha value is -0.680. The monoisotopic (exact) mass is 206 g/mol. The van der Waals surface area contributed by atoms with E-state index in [2.05, 4.69) is 0 Å². The molecule has 0 aromatic carbocycles. The molecule has 0 spiro atoms. The van der Waals surface area contributed by atoms with Gasteiger partial charge in [0.05, 0.1) is 0 Å². The van der Waals surface area contributed by atoms with E-state index in [0.29, 0.717) is 6.08 Å². The summed E-state index contributed by atoms with van der Waals surface area (Å²) in [6.45, 7) is 0.794. The zero-order chi connectivity index (χ0) is 10.9. The summed E-state index contributed by atoms with van der Waals surface area (Å²) < 4.78 is 73.6. The van der Waals surface area contributed by atoms with Gasteiger partial charge < -0.3 is 0 Å². The molecule has 0 amide bonds. The van der Waals surface area contributed by atoms with Gasteiger partial charge in [-0.3, -0.25) is 0 Å². The van der Waals surface area contributed by atoms with E-state index in [1.54, 1.807) is 0 Å². The first kappa shape index (κ1) is 12.3. The topological polar surface area (TPSA) is 0 Å². The lowest BCUT2D eigenvalue weighted by Gasteiger charge is -2.28. The molecule has 0 fully saturated rings. The van der Waals surface area contributed by atoms with Gasteiger partial charge in [-0.1, -0.05) is 6.08 Å². The minimum Gasteiger partial charge on any atom is -0.200 e. The standard InChI is InChI=1S/C7H8F6/c1-3-4-6(10,11)7(12,13)5(2,8)9/h3-4H,1-2H3/b4-3+. The molecule has 0 unspecified atom stereocenters. The maximum atomic E-state index is 12.4. The molecule has 0 nitrogen and oxygen atoms in total. The zero-order valence-electron chi connectivity index (χ0n) is 6.92. The van der Waals surface area contributed by atoms with Gasteiger partial charge in [-0.05, 0) is 13.0 Å². The molecular formula is C7H8F6. The van der Waals surface area contributed by atoms with Crippen LogP contribution < -0.4 is 0 Å². The van der Waals surface area contributed by atoms with Crippen molar-refractivity contribution >= 4 is 0 Å². The highest BCUT2D eigenvalue weighted by atomic mass is 19.3. The van der Waals surface area contributed by atoms with Crippen molar-refractivity contribution in [2.45, 2.75) is 31.6 Å². The Labute approximate surface area is 71.2 Å². The quantitative estimate of drug-likeness (QED) is 0.489. The van der Waals surface area contributed by atoms with Gasteiger partial charge >= 0.3 is 17.8 Å². The van der Waals surface area contributed by atoms with Crippen molar-refractivity contribution in [2.24, 2.45) is 0 Å². The largest absolute Gasteiger partial charge is 0.375 e. The molecule has 13 heavy (non-hydrogen) atoms. The molecule has 78 valence electrons. The van der Waals surface area contributed by atoms with Gasteiger partial charge in [0.1, 0.15) is 0 Å². The number of hydrogen-bond donors (Lipinski definition) is 0. The van der Waals surface area contributed by atoms with Gasteiger partial charge in [-0.2, -0.15) is 26.3 Å². The molecule has 0 aromatic heterocycles. The summed E-state index contributed by atoms with van der Waals surface area (Å²) in [7, 11) is 0. The predicted molar refractivity (Wildman–Crippen MR) is 35.3 cm³/mol. The number of alkyl halides is 6. The summed E-state index contributed by atoms with van der Waals surface area (Å²) in [6, 6.07) is 0. The molecule has 0 aliphatic rings. The SMILES string of the molecule is C/C=C/C(F)(F)C(F)(F)C(C)(F)F. The maximum absolute atomic E-state index is 12.4. The first-order valence-electron chi connectivity index (χ1n) is 3.33. The van der Waals surface area contributed by atoms with Crippen molar-refractivity contribution in [3.8, 4) is 0 Å². The molecule has 0 atom stereocenters. The second-order valence-corrected chi connectivity index (χ2v) is 2.59. The molecule has 0 aliphatic carbocycles. The highest BCUT2D eigenvalue weighted by molar-refractivity contribution is 5.06. The Morgan fingerprint density at radius 2 is 1.31 bits per heavy atom. The van der Waals surface area contributed by atoms with Gasteiger partial charge in [0.2, 0.25) is 0 Å². The highest BCUT2D eigenvalue weighted by Crippen LogP contribution is 2.45. The maximum Gasteiger partial charge on any atom is 0.375 e. The Morgan fingerprint density at radius 3 is 1.54 bits per heavy atom. The molecule has 6 heteroatoms. The average Bonchev–Trinajstić information content (AvgIpc) is 1.84. The Morgan fingerprint density at radius 1 is 0.923 bits per heavy atom. The fourth-order valence-electron chi connectivity index (χ4n) is 0.607. The Balaban J connectivity index is 5.03. The molecule has 0 bridgehead atoms. The lowest BCUT2D eigenvalue weighted by atomic mass is 10.1. The van der Waals surface area contributed by atoms with Gasteiger partial charge in [0, 0.05) is 6.92 Å². The van der Waals surface area contributed by atoms with E-state index in [0.717, 1.165) is 6.92 Å². The van der Waals surface area contributed by atoms with Crippen LogP contribution in [0.2, 0.25) is 0 Å². The van der Waals surface area contributed by atoms with Crippen LogP contribution in [0.15, 0.2) is 12.2 Å². The zero-order valence-corrected chi connectivity index (χ0v) is 6.92. The van der Waals surface area contributed by atoms with Crippen LogP contribution in [-0.2, 0) is 0 Å². The van der Waals surface area contributed by atoms with Gasteiger partial charge in [0.25, 0.3) is 0 Å². The Kier molecular flexibility index (Phi) is 3.06. The number of rotatable bonds is 3. The second-order valence-electron chi connectivity index (χ2n) is 2.59. The van der Waals surface area contributed by atoms with Gasteiger partial charge in [-0.15, -0.1) is 0 Å². The molecule has 0 heterocycles. The van der Waals surface area contributed by atoms with Crippen LogP contribution in [0.5, 0.6) is 0 Å². The van der Waals surface area contributed by atoms with Crippen molar-refractivity contribution in [3.05, 3.63) is 12.2 Å². The van der Waals surface area contributed by atoms with E-state index in [9.17, 15) is 26.3 Å². The summed E-state index contributed by atoms with van der Waals surface area (Å²) in [4.78, 5) is 0.